The molecule has 0 spiro atoms. The third-order valence-electron chi connectivity index (χ3n) is 2.96. The molecule has 0 heterocycles. The summed E-state index contributed by atoms with van der Waals surface area (Å²) in [5, 5.41) is 14.0. The summed E-state index contributed by atoms with van der Waals surface area (Å²) < 4.78 is 13.0. The second-order valence-corrected chi connectivity index (χ2v) is 5.56. The number of urea groups is 1. The Balaban J connectivity index is 2.50. The summed E-state index contributed by atoms with van der Waals surface area (Å²) in [6.07, 6.45) is 2.23. The topological polar surface area (TPSA) is 78.4 Å². The second kappa shape index (κ2) is 8.51. The van der Waals surface area contributed by atoms with Crippen molar-refractivity contribution in [3.05, 3.63) is 35.1 Å². The second-order valence-electron chi connectivity index (χ2n) is 4.57. The van der Waals surface area contributed by atoms with Crippen LogP contribution in [0.1, 0.15) is 17.5 Å². The van der Waals surface area contributed by atoms with E-state index in [2.05, 4.69) is 10.6 Å². The first-order valence-corrected chi connectivity index (χ1v) is 7.84. The van der Waals surface area contributed by atoms with Crippen molar-refractivity contribution in [2.45, 2.75) is 25.9 Å². The number of aryl methyl sites for hydroxylation is 1. The fourth-order valence-electron chi connectivity index (χ4n) is 1.74. The number of carbonyl (C=O) groups excluding carboxylic acids is 1. The molecular weight excluding hydrogens is 295 g/mol. The Bertz CT molecular complexity index is 511. The van der Waals surface area contributed by atoms with Crippen LogP contribution in [0.25, 0.3) is 0 Å². The number of halogens is 1. The molecule has 5 nitrogen and oxygen atoms in total. The summed E-state index contributed by atoms with van der Waals surface area (Å²) in [4.78, 5) is 22.7. The Morgan fingerprint density at radius 1 is 1.43 bits per heavy atom. The average Bonchev–Trinajstić information content (AvgIpc) is 2.42. The quantitative estimate of drug-likeness (QED) is 0.720. The fraction of sp³-hybridized carbons (Fsp3) is 0.429. The summed E-state index contributed by atoms with van der Waals surface area (Å²) in [7, 11) is 0. The zero-order chi connectivity index (χ0) is 15.8. The van der Waals surface area contributed by atoms with Gasteiger partial charge in [-0.2, -0.15) is 11.8 Å². The van der Waals surface area contributed by atoms with E-state index in [0.717, 1.165) is 11.1 Å². The van der Waals surface area contributed by atoms with E-state index in [4.69, 9.17) is 5.11 Å². The van der Waals surface area contributed by atoms with Crippen molar-refractivity contribution in [1.29, 1.82) is 0 Å². The standard InChI is InChI=1S/C14H19FN2O3S/c1-9-7-11(15)4-3-10(9)8-16-14(20)17-12(13(18)19)5-6-21-2/h3-4,7,12H,5-6,8H2,1-2H3,(H,18,19)(H2,16,17,20). The van der Waals surface area contributed by atoms with E-state index in [0.29, 0.717) is 12.2 Å². The third kappa shape index (κ3) is 6.03. The number of carbonyl (C=O) groups is 2. The van der Waals surface area contributed by atoms with Crippen molar-refractivity contribution >= 4 is 23.8 Å². The van der Waals surface area contributed by atoms with Gasteiger partial charge in [-0.15, -0.1) is 0 Å². The van der Waals surface area contributed by atoms with Crippen LogP contribution in [0.15, 0.2) is 18.2 Å². The van der Waals surface area contributed by atoms with Gasteiger partial charge in [0.1, 0.15) is 11.9 Å². The van der Waals surface area contributed by atoms with Gasteiger partial charge in [0.05, 0.1) is 0 Å². The first-order chi connectivity index (χ1) is 9.93. The van der Waals surface area contributed by atoms with Crippen LogP contribution in [0.2, 0.25) is 0 Å². The van der Waals surface area contributed by atoms with Gasteiger partial charge in [0.25, 0.3) is 0 Å². The van der Waals surface area contributed by atoms with Crippen molar-refractivity contribution in [3.63, 3.8) is 0 Å². The van der Waals surface area contributed by atoms with Crippen LogP contribution >= 0.6 is 11.8 Å². The van der Waals surface area contributed by atoms with Crippen LogP contribution in [0, 0.1) is 12.7 Å². The SMILES string of the molecule is CSCCC(NC(=O)NCc1ccc(F)cc1C)C(=O)O. The molecule has 2 amide bonds. The minimum absolute atomic E-state index is 0.215. The van der Waals surface area contributed by atoms with Gasteiger partial charge in [-0.3, -0.25) is 0 Å². The molecule has 0 bridgehead atoms. The molecule has 116 valence electrons. The zero-order valence-corrected chi connectivity index (χ0v) is 12.8. The van der Waals surface area contributed by atoms with Gasteiger partial charge < -0.3 is 15.7 Å². The van der Waals surface area contributed by atoms with Crippen LogP contribution in [0.3, 0.4) is 0 Å². The van der Waals surface area contributed by atoms with Crippen molar-refractivity contribution < 1.29 is 19.1 Å². The molecule has 0 aromatic heterocycles. The lowest BCUT2D eigenvalue weighted by Gasteiger charge is -2.15. The predicted molar refractivity (Wildman–Crippen MR) is 80.9 cm³/mol. The lowest BCUT2D eigenvalue weighted by atomic mass is 10.1. The van der Waals surface area contributed by atoms with E-state index >= 15 is 0 Å². The van der Waals surface area contributed by atoms with Crippen LogP contribution in [0.4, 0.5) is 9.18 Å². The number of hydrogen-bond acceptors (Lipinski definition) is 3. The summed E-state index contributed by atoms with van der Waals surface area (Å²) in [5.74, 6) is -0.741. The summed E-state index contributed by atoms with van der Waals surface area (Å²) in [6, 6.07) is 2.83. The number of carboxylic acids is 1. The minimum atomic E-state index is -1.06. The van der Waals surface area contributed by atoms with Gasteiger partial charge >= 0.3 is 12.0 Å². The number of hydrogen-bond donors (Lipinski definition) is 3. The molecule has 1 aromatic carbocycles. The van der Waals surface area contributed by atoms with E-state index in [9.17, 15) is 14.0 Å². The van der Waals surface area contributed by atoms with Gasteiger partial charge in [-0.25, -0.2) is 14.0 Å². The van der Waals surface area contributed by atoms with Crippen molar-refractivity contribution in [3.8, 4) is 0 Å². The highest BCUT2D eigenvalue weighted by Gasteiger charge is 2.19. The maximum Gasteiger partial charge on any atom is 0.326 e. The number of carboxylic acid groups (broad SMARTS) is 1. The fourth-order valence-corrected chi connectivity index (χ4v) is 2.21. The summed E-state index contributed by atoms with van der Waals surface area (Å²) in [6.45, 7) is 1.96. The van der Waals surface area contributed by atoms with E-state index in [1.54, 1.807) is 13.0 Å². The van der Waals surface area contributed by atoms with E-state index < -0.39 is 18.0 Å². The molecule has 0 fully saturated rings. The van der Waals surface area contributed by atoms with Gasteiger partial charge in [0.2, 0.25) is 0 Å². The Hall–Kier alpha value is -1.76. The van der Waals surface area contributed by atoms with Gasteiger partial charge in [0.15, 0.2) is 0 Å². The van der Waals surface area contributed by atoms with Crippen LogP contribution in [0.5, 0.6) is 0 Å². The van der Waals surface area contributed by atoms with Crippen molar-refractivity contribution in [1.82, 2.24) is 10.6 Å². The average molecular weight is 314 g/mol. The van der Waals surface area contributed by atoms with Crippen molar-refractivity contribution in [2.24, 2.45) is 0 Å². The molecule has 0 saturated carbocycles. The molecule has 1 rings (SSSR count). The van der Waals surface area contributed by atoms with Crippen LogP contribution < -0.4 is 10.6 Å². The summed E-state index contributed by atoms with van der Waals surface area (Å²) >= 11 is 1.52. The largest absolute Gasteiger partial charge is 0.480 e. The number of aliphatic carboxylic acids is 1. The molecule has 21 heavy (non-hydrogen) atoms. The Labute approximate surface area is 127 Å². The Morgan fingerprint density at radius 3 is 2.71 bits per heavy atom. The highest BCUT2D eigenvalue weighted by molar-refractivity contribution is 7.98. The van der Waals surface area contributed by atoms with Gasteiger partial charge in [-0.05, 0) is 48.6 Å². The number of rotatable bonds is 7. The molecule has 1 atom stereocenters. The molecule has 0 aliphatic carbocycles. The molecule has 0 radical (unpaired) electrons. The number of nitrogens with one attached hydrogen (secondary N) is 2. The monoisotopic (exact) mass is 314 g/mol. The lowest BCUT2D eigenvalue weighted by Crippen LogP contribution is -2.46. The van der Waals surface area contributed by atoms with Crippen LogP contribution in [-0.2, 0) is 11.3 Å². The highest BCUT2D eigenvalue weighted by atomic mass is 32.2. The number of benzene rings is 1. The van der Waals surface area contributed by atoms with Gasteiger partial charge in [-0.1, -0.05) is 6.07 Å². The number of amides is 2. The van der Waals surface area contributed by atoms with Crippen molar-refractivity contribution in [2.75, 3.05) is 12.0 Å². The zero-order valence-electron chi connectivity index (χ0n) is 12.0. The maximum absolute atomic E-state index is 13.0. The Morgan fingerprint density at radius 2 is 2.14 bits per heavy atom. The first kappa shape index (κ1) is 17.3. The minimum Gasteiger partial charge on any atom is -0.480 e. The first-order valence-electron chi connectivity index (χ1n) is 6.45. The molecule has 7 heteroatoms. The maximum atomic E-state index is 13.0. The summed E-state index contributed by atoms with van der Waals surface area (Å²) in [5.41, 5.74) is 1.51. The molecular formula is C14H19FN2O3S. The Kier molecular flexibility index (Phi) is 7.01. The lowest BCUT2D eigenvalue weighted by molar-refractivity contribution is -0.139. The van der Waals surface area contributed by atoms with E-state index in [1.807, 2.05) is 6.26 Å². The van der Waals surface area contributed by atoms with Crippen LogP contribution in [-0.4, -0.2) is 35.2 Å². The normalized spacial score (nSPS) is 11.8. The molecule has 0 saturated heterocycles. The van der Waals surface area contributed by atoms with Gasteiger partial charge in [0, 0.05) is 6.54 Å². The molecule has 1 aromatic rings. The number of thioether (sulfide) groups is 1. The highest BCUT2D eigenvalue weighted by Crippen LogP contribution is 2.09. The van der Waals surface area contributed by atoms with E-state index in [-0.39, 0.29) is 12.4 Å². The molecule has 3 N–H and O–H groups in total. The predicted octanol–water partition coefficient (Wildman–Crippen LogP) is 2.14. The molecule has 0 aliphatic rings. The smallest absolute Gasteiger partial charge is 0.326 e. The third-order valence-corrected chi connectivity index (χ3v) is 3.60. The molecule has 1 unspecified atom stereocenters. The van der Waals surface area contributed by atoms with E-state index in [1.165, 1.54) is 23.9 Å². The molecule has 0 aliphatic heterocycles.